The third-order valence-electron chi connectivity index (χ3n) is 6.18. The fourth-order valence-corrected chi connectivity index (χ4v) is 4.53. The van der Waals surface area contributed by atoms with Gasteiger partial charge in [-0.3, -0.25) is 4.79 Å². The molecule has 0 bridgehead atoms. The molecule has 0 aliphatic carbocycles. The zero-order valence-corrected chi connectivity index (χ0v) is 16.9. The topological polar surface area (TPSA) is 41.6 Å². The van der Waals surface area contributed by atoms with E-state index < -0.39 is 0 Å². The summed E-state index contributed by atoms with van der Waals surface area (Å²) in [5, 5.41) is 3.30. The van der Waals surface area contributed by atoms with Gasteiger partial charge in [-0.05, 0) is 38.3 Å². The average molecular weight is 379 g/mol. The number of para-hydroxylation sites is 1. The normalized spacial score (nSPS) is 21.2. The largest absolute Gasteiger partial charge is 0.487 e. The molecule has 0 aromatic heterocycles. The molecule has 2 aliphatic heterocycles. The first-order chi connectivity index (χ1) is 13.5. The minimum Gasteiger partial charge on any atom is -0.487 e. The number of nitrogens with zero attached hydrogens (tertiary/aromatic N) is 1. The third kappa shape index (κ3) is 4.07. The maximum absolute atomic E-state index is 12.7. The summed E-state index contributed by atoms with van der Waals surface area (Å²) in [6.45, 7) is 6.60. The van der Waals surface area contributed by atoms with Crippen LogP contribution >= 0.6 is 0 Å². The molecule has 1 saturated heterocycles. The summed E-state index contributed by atoms with van der Waals surface area (Å²) < 4.78 is 6.54. The number of piperidine rings is 1. The highest BCUT2D eigenvalue weighted by Crippen LogP contribution is 2.44. The fourth-order valence-electron chi connectivity index (χ4n) is 4.53. The lowest BCUT2D eigenvalue weighted by Crippen LogP contribution is -2.53. The monoisotopic (exact) mass is 378 g/mol. The summed E-state index contributed by atoms with van der Waals surface area (Å²) in [6.07, 6.45) is 3.26. The first kappa shape index (κ1) is 19.0. The Hall–Kier alpha value is -2.33. The number of ether oxygens (including phenoxy) is 1. The van der Waals surface area contributed by atoms with Crippen molar-refractivity contribution in [3.63, 3.8) is 0 Å². The Labute approximate surface area is 167 Å². The van der Waals surface area contributed by atoms with Crippen molar-refractivity contribution < 1.29 is 9.53 Å². The predicted octanol–water partition coefficient (Wildman–Crippen LogP) is 4.11. The first-order valence-electron chi connectivity index (χ1n) is 10.4. The minimum absolute atomic E-state index is 0.00626. The molecule has 2 aromatic carbocycles. The molecule has 1 atom stereocenters. The van der Waals surface area contributed by atoms with E-state index in [0.717, 1.165) is 49.2 Å². The van der Waals surface area contributed by atoms with E-state index >= 15 is 0 Å². The van der Waals surface area contributed by atoms with E-state index in [2.05, 4.69) is 30.1 Å². The summed E-state index contributed by atoms with van der Waals surface area (Å²) in [6, 6.07) is 18.7. The molecule has 0 radical (unpaired) electrons. The number of carbonyl (C=O) groups excluding carboxylic acids is 1. The number of likely N-dealkylation sites (tertiary alicyclic amines) is 1. The molecule has 4 nitrogen and oxygen atoms in total. The molecule has 2 aliphatic rings. The Morgan fingerprint density at radius 1 is 1.11 bits per heavy atom. The lowest BCUT2D eigenvalue weighted by atomic mass is 9.80. The Morgan fingerprint density at radius 3 is 2.50 bits per heavy atom. The van der Waals surface area contributed by atoms with E-state index in [1.807, 2.05) is 48.5 Å². The standard InChI is InChI=1S/C24H30N2O2/c1-18(2)26-14-12-24(13-15-26)17-21(20-10-6-7-11-22(20)28-24)25-23(27)16-19-8-4-3-5-9-19/h3-11,18,21H,12-17H2,1-2H3,(H,25,27)/t21-/m1/s1. The molecule has 148 valence electrons. The lowest BCUT2D eigenvalue weighted by Gasteiger charge is -2.47. The van der Waals surface area contributed by atoms with Crippen molar-refractivity contribution in [2.75, 3.05) is 13.1 Å². The third-order valence-corrected chi connectivity index (χ3v) is 6.18. The van der Waals surface area contributed by atoms with Gasteiger partial charge < -0.3 is 15.0 Å². The van der Waals surface area contributed by atoms with E-state index in [0.29, 0.717) is 12.5 Å². The van der Waals surface area contributed by atoms with Gasteiger partial charge in [0.2, 0.25) is 5.91 Å². The van der Waals surface area contributed by atoms with Crippen LogP contribution in [0.3, 0.4) is 0 Å². The van der Waals surface area contributed by atoms with Crippen molar-refractivity contribution in [2.24, 2.45) is 0 Å². The second-order valence-electron chi connectivity index (χ2n) is 8.44. The number of fused-ring (bicyclic) bond motifs is 1. The Morgan fingerprint density at radius 2 is 1.79 bits per heavy atom. The quantitative estimate of drug-likeness (QED) is 0.870. The van der Waals surface area contributed by atoms with Gasteiger partial charge in [-0.25, -0.2) is 0 Å². The Balaban J connectivity index is 1.50. The summed E-state index contributed by atoms with van der Waals surface area (Å²) in [4.78, 5) is 15.3. The number of hydrogen-bond acceptors (Lipinski definition) is 3. The Bertz CT molecular complexity index is 810. The van der Waals surface area contributed by atoms with Crippen LogP contribution in [0.2, 0.25) is 0 Å². The summed E-state index contributed by atoms with van der Waals surface area (Å²) in [5.74, 6) is 0.999. The van der Waals surface area contributed by atoms with Crippen LogP contribution in [-0.4, -0.2) is 35.5 Å². The van der Waals surface area contributed by atoms with Gasteiger partial charge in [0, 0.05) is 31.1 Å². The molecule has 1 fully saturated rings. The zero-order chi connectivity index (χ0) is 19.6. The fraction of sp³-hybridized carbons (Fsp3) is 0.458. The minimum atomic E-state index is -0.176. The summed E-state index contributed by atoms with van der Waals surface area (Å²) in [7, 11) is 0. The van der Waals surface area contributed by atoms with Crippen molar-refractivity contribution >= 4 is 5.91 Å². The van der Waals surface area contributed by atoms with Crippen LogP contribution in [-0.2, 0) is 11.2 Å². The molecule has 2 aromatic rings. The molecular formula is C24H30N2O2. The van der Waals surface area contributed by atoms with Gasteiger partial charge in [0.05, 0.1) is 12.5 Å². The van der Waals surface area contributed by atoms with Crippen molar-refractivity contribution in [1.29, 1.82) is 0 Å². The molecule has 1 amide bonds. The summed E-state index contributed by atoms with van der Waals surface area (Å²) in [5.41, 5.74) is 1.96. The highest BCUT2D eigenvalue weighted by atomic mass is 16.5. The van der Waals surface area contributed by atoms with Crippen molar-refractivity contribution in [3.05, 3.63) is 65.7 Å². The second kappa shape index (κ2) is 7.96. The average Bonchev–Trinajstić information content (AvgIpc) is 2.69. The molecule has 28 heavy (non-hydrogen) atoms. The van der Waals surface area contributed by atoms with Gasteiger partial charge >= 0.3 is 0 Å². The highest BCUT2D eigenvalue weighted by molar-refractivity contribution is 5.79. The van der Waals surface area contributed by atoms with E-state index in [9.17, 15) is 4.79 Å². The molecule has 4 heteroatoms. The maximum Gasteiger partial charge on any atom is 0.224 e. The van der Waals surface area contributed by atoms with Crippen molar-refractivity contribution in [3.8, 4) is 5.75 Å². The van der Waals surface area contributed by atoms with Crippen LogP contribution in [0.1, 0.15) is 50.3 Å². The molecule has 1 spiro atoms. The highest BCUT2D eigenvalue weighted by Gasteiger charge is 2.43. The van der Waals surface area contributed by atoms with Crippen LogP contribution in [0.4, 0.5) is 0 Å². The summed E-state index contributed by atoms with van der Waals surface area (Å²) >= 11 is 0. The zero-order valence-electron chi connectivity index (χ0n) is 16.9. The van der Waals surface area contributed by atoms with Gasteiger partial charge in [0.15, 0.2) is 0 Å². The number of hydrogen-bond donors (Lipinski definition) is 1. The molecule has 1 N–H and O–H groups in total. The molecule has 2 heterocycles. The smallest absolute Gasteiger partial charge is 0.224 e. The SMILES string of the molecule is CC(C)N1CCC2(CC1)C[C@@H](NC(=O)Cc1ccccc1)c1ccccc1O2. The van der Waals surface area contributed by atoms with E-state index in [1.165, 1.54) is 0 Å². The van der Waals surface area contributed by atoms with Crippen LogP contribution in [0.25, 0.3) is 0 Å². The number of rotatable bonds is 4. The molecule has 0 unspecified atom stereocenters. The van der Waals surface area contributed by atoms with Gasteiger partial charge in [0.25, 0.3) is 0 Å². The van der Waals surface area contributed by atoms with E-state index in [4.69, 9.17) is 4.74 Å². The van der Waals surface area contributed by atoms with Gasteiger partial charge in [-0.15, -0.1) is 0 Å². The van der Waals surface area contributed by atoms with Crippen molar-refractivity contribution in [2.45, 2.75) is 57.2 Å². The van der Waals surface area contributed by atoms with Gasteiger partial charge in [-0.2, -0.15) is 0 Å². The van der Waals surface area contributed by atoms with E-state index in [1.54, 1.807) is 0 Å². The van der Waals surface area contributed by atoms with Gasteiger partial charge in [-0.1, -0.05) is 48.5 Å². The van der Waals surface area contributed by atoms with Crippen LogP contribution in [0.5, 0.6) is 5.75 Å². The van der Waals surface area contributed by atoms with Crippen LogP contribution < -0.4 is 10.1 Å². The first-order valence-corrected chi connectivity index (χ1v) is 10.4. The molecular weight excluding hydrogens is 348 g/mol. The predicted molar refractivity (Wildman–Crippen MR) is 111 cm³/mol. The Kier molecular flexibility index (Phi) is 5.40. The number of amides is 1. The number of carbonyl (C=O) groups is 1. The lowest BCUT2D eigenvalue weighted by molar-refractivity contribution is -0.122. The van der Waals surface area contributed by atoms with Crippen LogP contribution in [0.15, 0.2) is 54.6 Å². The molecule has 4 rings (SSSR count). The van der Waals surface area contributed by atoms with Gasteiger partial charge in [0.1, 0.15) is 11.4 Å². The second-order valence-corrected chi connectivity index (χ2v) is 8.44. The number of nitrogens with one attached hydrogen (secondary N) is 1. The van der Waals surface area contributed by atoms with Crippen molar-refractivity contribution in [1.82, 2.24) is 10.2 Å². The molecule has 0 saturated carbocycles. The maximum atomic E-state index is 12.7. The number of benzene rings is 2. The van der Waals surface area contributed by atoms with E-state index in [-0.39, 0.29) is 17.6 Å². The van der Waals surface area contributed by atoms with Crippen LogP contribution in [0, 0.1) is 0 Å².